The lowest BCUT2D eigenvalue weighted by molar-refractivity contribution is 0.391. The lowest BCUT2D eigenvalue weighted by Gasteiger charge is -2.05. The molecule has 16 heavy (non-hydrogen) atoms. The molecule has 0 fully saturated rings. The molecule has 0 spiro atoms. The first-order chi connectivity index (χ1) is 7.66. The SMILES string of the molecule is Cc1cc(CNc2ncnc(Cl)c2Br)no1. The Labute approximate surface area is 105 Å². The lowest BCUT2D eigenvalue weighted by Crippen LogP contribution is -2.03. The predicted octanol–water partition coefficient (Wildman–Crippen LogP) is 2.80. The Morgan fingerprint density at radius 2 is 2.31 bits per heavy atom. The zero-order valence-corrected chi connectivity index (χ0v) is 10.7. The van der Waals surface area contributed by atoms with Crippen LogP contribution in [0.1, 0.15) is 11.5 Å². The predicted molar refractivity (Wildman–Crippen MR) is 63.3 cm³/mol. The average Bonchev–Trinajstić information content (AvgIpc) is 2.67. The van der Waals surface area contributed by atoms with E-state index in [1.807, 2.05) is 13.0 Å². The summed E-state index contributed by atoms with van der Waals surface area (Å²) in [5.41, 5.74) is 0.805. The van der Waals surface area contributed by atoms with E-state index in [4.69, 9.17) is 16.1 Å². The van der Waals surface area contributed by atoms with Crippen molar-refractivity contribution >= 4 is 33.3 Å². The van der Waals surface area contributed by atoms with Crippen LogP contribution in [0.25, 0.3) is 0 Å². The molecule has 2 aromatic heterocycles. The topological polar surface area (TPSA) is 63.8 Å². The highest BCUT2D eigenvalue weighted by atomic mass is 79.9. The van der Waals surface area contributed by atoms with E-state index in [-0.39, 0.29) is 0 Å². The van der Waals surface area contributed by atoms with Crippen LogP contribution in [0.3, 0.4) is 0 Å². The molecule has 5 nitrogen and oxygen atoms in total. The smallest absolute Gasteiger partial charge is 0.148 e. The van der Waals surface area contributed by atoms with Crippen molar-refractivity contribution in [3.63, 3.8) is 0 Å². The molecule has 0 amide bonds. The second-order valence-electron chi connectivity index (χ2n) is 3.11. The average molecular weight is 304 g/mol. The molecule has 0 aliphatic rings. The van der Waals surface area contributed by atoms with Crippen molar-refractivity contribution in [1.29, 1.82) is 0 Å². The second-order valence-corrected chi connectivity index (χ2v) is 4.26. The zero-order chi connectivity index (χ0) is 11.5. The van der Waals surface area contributed by atoms with Gasteiger partial charge in [0.2, 0.25) is 0 Å². The molecule has 0 bridgehead atoms. The largest absolute Gasteiger partial charge is 0.363 e. The van der Waals surface area contributed by atoms with Crippen LogP contribution in [0, 0.1) is 6.92 Å². The normalized spacial score (nSPS) is 10.4. The third-order valence-electron chi connectivity index (χ3n) is 1.86. The summed E-state index contributed by atoms with van der Waals surface area (Å²) < 4.78 is 5.58. The second kappa shape index (κ2) is 4.80. The Bertz CT molecular complexity index is 502. The maximum atomic E-state index is 5.83. The van der Waals surface area contributed by atoms with Gasteiger partial charge >= 0.3 is 0 Å². The van der Waals surface area contributed by atoms with Gasteiger partial charge in [-0.05, 0) is 22.9 Å². The van der Waals surface area contributed by atoms with Crippen LogP contribution in [-0.4, -0.2) is 15.1 Å². The van der Waals surface area contributed by atoms with Gasteiger partial charge in [0.1, 0.15) is 28.8 Å². The van der Waals surface area contributed by atoms with Crippen molar-refractivity contribution < 1.29 is 4.52 Å². The number of hydrogen-bond acceptors (Lipinski definition) is 5. The summed E-state index contributed by atoms with van der Waals surface area (Å²) in [6.07, 6.45) is 1.39. The molecular formula is C9H8BrClN4O. The molecule has 84 valence electrons. The van der Waals surface area contributed by atoms with Gasteiger partial charge < -0.3 is 9.84 Å². The summed E-state index contributed by atoms with van der Waals surface area (Å²) >= 11 is 9.12. The summed E-state index contributed by atoms with van der Waals surface area (Å²) in [5.74, 6) is 1.40. The van der Waals surface area contributed by atoms with Crippen LogP contribution in [0.2, 0.25) is 5.15 Å². The van der Waals surface area contributed by atoms with Crippen molar-refractivity contribution in [1.82, 2.24) is 15.1 Å². The Kier molecular flexibility index (Phi) is 3.40. The van der Waals surface area contributed by atoms with Gasteiger partial charge in [-0.3, -0.25) is 0 Å². The fourth-order valence-corrected chi connectivity index (χ4v) is 1.63. The Morgan fingerprint density at radius 1 is 1.50 bits per heavy atom. The van der Waals surface area contributed by atoms with E-state index in [0.29, 0.717) is 22.0 Å². The molecule has 0 atom stereocenters. The van der Waals surface area contributed by atoms with Gasteiger partial charge in [-0.25, -0.2) is 9.97 Å². The number of nitrogens with one attached hydrogen (secondary N) is 1. The van der Waals surface area contributed by atoms with Gasteiger partial charge in [0.15, 0.2) is 0 Å². The fraction of sp³-hybridized carbons (Fsp3) is 0.222. The van der Waals surface area contributed by atoms with E-state index in [2.05, 4.69) is 36.4 Å². The van der Waals surface area contributed by atoms with Crippen molar-refractivity contribution in [2.75, 3.05) is 5.32 Å². The molecule has 7 heteroatoms. The number of nitrogens with zero attached hydrogens (tertiary/aromatic N) is 3. The fourth-order valence-electron chi connectivity index (χ4n) is 1.15. The van der Waals surface area contributed by atoms with Crippen molar-refractivity contribution in [2.45, 2.75) is 13.5 Å². The molecule has 0 unspecified atom stereocenters. The number of anilines is 1. The van der Waals surface area contributed by atoms with E-state index in [0.717, 1.165) is 11.5 Å². The maximum Gasteiger partial charge on any atom is 0.148 e. The number of rotatable bonds is 3. The quantitative estimate of drug-likeness (QED) is 0.883. The number of hydrogen-bond donors (Lipinski definition) is 1. The van der Waals surface area contributed by atoms with E-state index in [1.54, 1.807) is 0 Å². The van der Waals surface area contributed by atoms with Crippen LogP contribution in [-0.2, 0) is 6.54 Å². The molecule has 0 radical (unpaired) electrons. The minimum absolute atomic E-state index is 0.369. The molecule has 1 N–H and O–H groups in total. The highest BCUT2D eigenvalue weighted by Gasteiger charge is 2.07. The first-order valence-corrected chi connectivity index (χ1v) is 5.66. The summed E-state index contributed by atoms with van der Waals surface area (Å²) in [5, 5.41) is 7.30. The molecule has 2 rings (SSSR count). The summed E-state index contributed by atoms with van der Waals surface area (Å²) in [6.45, 7) is 2.36. The van der Waals surface area contributed by atoms with Gasteiger partial charge in [-0.15, -0.1) is 0 Å². The van der Waals surface area contributed by atoms with Crippen LogP contribution >= 0.6 is 27.5 Å². The number of halogens is 2. The van der Waals surface area contributed by atoms with Crippen LogP contribution in [0.15, 0.2) is 21.4 Å². The summed E-state index contributed by atoms with van der Waals surface area (Å²) in [6, 6.07) is 1.85. The van der Waals surface area contributed by atoms with Crippen molar-refractivity contribution in [2.24, 2.45) is 0 Å². The monoisotopic (exact) mass is 302 g/mol. The van der Waals surface area contributed by atoms with Gasteiger partial charge in [-0.1, -0.05) is 16.8 Å². The Hall–Kier alpha value is -1.14. The van der Waals surface area contributed by atoms with Gasteiger partial charge in [0, 0.05) is 6.07 Å². The molecule has 0 aliphatic carbocycles. The van der Waals surface area contributed by atoms with Crippen LogP contribution < -0.4 is 5.32 Å². The molecular weight excluding hydrogens is 295 g/mol. The molecule has 2 heterocycles. The first-order valence-electron chi connectivity index (χ1n) is 4.49. The van der Waals surface area contributed by atoms with Crippen LogP contribution in [0.5, 0.6) is 0 Å². The summed E-state index contributed by atoms with van der Waals surface area (Å²) in [7, 11) is 0. The lowest BCUT2D eigenvalue weighted by atomic mass is 10.4. The van der Waals surface area contributed by atoms with E-state index in [9.17, 15) is 0 Å². The van der Waals surface area contributed by atoms with E-state index in [1.165, 1.54) is 6.33 Å². The van der Waals surface area contributed by atoms with E-state index < -0.39 is 0 Å². The third kappa shape index (κ3) is 2.51. The molecule has 0 aliphatic heterocycles. The third-order valence-corrected chi connectivity index (χ3v) is 3.13. The van der Waals surface area contributed by atoms with E-state index >= 15 is 0 Å². The molecule has 0 aromatic carbocycles. The summed E-state index contributed by atoms with van der Waals surface area (Å²) in [4.78, 5) is 7.88. The highest BCUT2D eigenvalue weighted by molar-refractivity contribution is 9.10. The highest BCUT2D eigenvalue weighted by Crippen LogP contribution is 2.26. The zero-order valence-electron chi connectivity index (χ0n) is 8.37. The minimum Gasteiger partial charge on any atom is -0.363 e. The number of aryl methyl sites for hydroxylation is 1. The van der Waals surface area contributed by atoms with Gasteiger partial charge in [0.05, 0.1) is 11.0 Å². The Morgan fingerprint density at radius 3 is 3.00 bits per heavy atom. The number of aromatic nitrogens is 3. The van der Waals surface area contributed by atoms with Gasteiger partial charge in [0.25, 0.3) is 0 Å². The molecule has 2 aromatic rings. The Balaban J connectivity index is 2.07. The molecule has 0 saturated carbocycles. The van der Waals surface area contributed by atoms with Gasteiger partial charge in [-0.2, -0.15) is 0 Å². The minimum atomic E-state index is 0.369. The molecule has 0 saturated heterocycles. The first kappa shape index (κ1) is 11.3. The van der Waals surface area contributed by atoms with Crippen molar-refractivity contribution in [3.05, 3.63) is 33.5 Å². The van der Waals surface area contributed by atoms with Crippen LogP contribution in [0.4, 0.5) is 5.82 Å². The standard InChI is InChI=1S/C9H8BrClN4O/c1-5-2-6(15-16-5)3-12-9-7(10)8(11)13-4-14-9/h2,4H,3H2,1H3,(H,12,13,14). The van der Waals surface area contributed by atoms with Crippen molar-refractivity contribution in [3.8, 4) is 0 Å². The maximum absolute atomic E-state index is 5.83.